The van der Waals surface area contributed by atoms with Crippen molar-refractivity contribution in [1.82, 2.24) is 5.32 Å². The van der Waals surface area contributed by atoms with E-state index in [0.717, 1.165) is 16.9 Å². The highest BCUT2D eigenvalue weighted by Crippen LogP contribution is 2.43. The van der Waals surface area contributed by atoms with Gasteiger partial charge in [-0.25, -0.2) is 0 Å². The largest absolute Gasteiger partial charge is 0.296 e. The molecule has 0 aromatic rings. The van der Waals surface area contributed by atoms with Crippen molar-refractivity contribution in [1.29, 1.82) is 5.26 Å². The van der Waals surface area contributed by atoms with Gasteiger partial charge >= 0.3 is 0 Å². The first-order valence-electron chi connectivity index (χ1n) is 7.86. The average Bonchev–Trinajstić information content (AvgIpc) is 3.19. The fourth-order valence-electron chi connectivity index (χ4n) is 3.30. The molecule has 0 aromatic carbocycles. The summed E-state index contributed by atoms with van der Waals surface area (Å²) >= 11 is 2.06. The molecule has 2 nitrogen and oxygen atoms in total. The second kappa shape index (κ2) is 6.50. The zero-order valence-electron chi connectivity index (χ0n) is 12.6. The van der Waals surface area contributed by atoms with E-state index in [2.05, 4.69) is 43.9 Å². The molecule has 0 radical (unpaired) electrons. The Hall–Kier alpha value is -0.200. The molecule has 2 rings (SSSR count). The number of hydrogen-bond acceptors (Lipinski definition) is 3. The molecular weight excluding hydrogens is 252 g/mol. The fourth-order valence-corrected chi connectivity index (χ4v) is 4.98. The van der Waals surface area contributed by atoms with Crippen molar-refractivity contribution in [2.24, 2.45) is 11.8 Å². The third-order valence-corrected chi connectivity index (χ3v) is 5.98. The second-order valence-electron chi connectivity index (χ2n) is 6.86. The van der Waals surface area contributed by atoms with E-state index < -0.39 is 0 Å². The van der Waals surface area contributed by atoms with Crippen LogP contribution < -0.4 is 5.32 Å². The van der Waals surface area contributed by atoms with Crippen LogP contribution in [0.2, 0.25) is 0 Å². The van der Waals surface area contributed by atoms with E-state index in [-0.39, 0.29) is 5.54 Å². The van der Waals surface area contributed by atoms with Crippen molar-refractivity contribution in [2.75, 3.05) is 5.75 Å². The third kappa shape index (κ3) is 4.13. The highest BCUT2D eigenvalue weighted by Gasteiger charge is 2.46. The van der Waals surface area contributed by atoms with Gasteiger partial charge in [-0.1, -0.05) is 19.8 Å². The molecule has 0 saturated heterocycles. The van der Waals surface area contributed by atoms with Gasteiger partial charge in [0.05, 0.1) is 6.07 Å². The summed E-state index contributed by atoms with van der Waals surface area (Å²) < 4.78 is 0. The Kier molecular flexibility index (Phi) is 5.20. The maximum absolute atomic E-state index is 9.69. The summed E-state index contributed by atoms with van der Waals surface area (Å²) in [4.78, 5) is 0. The van der Waals surface area contributed by atoms with Crippen LogP contribution in [0.25, 0.3) is 0 Å². The van der Waals surface area contributed by atoms with Gasteiger partial charge in [-0.05, 0) is 51.4 Å². The van der Waals surface area contributed by atoms with Gasteiger partial charge in [0.1, 0.15) is 5.54 Å². The summed E-state index contributed by atoms with van der Waals surface area (Å²) in [5, 5.41) is 14.0. The highest BCUT2D eigenvalue weighted by molar-refractivity contribution is 8.00. The van der Waals surface area contributed by atoms with Gasteiger partial charge in [-0.15, -0.1) is 0 Å². The number of thioether (sulfide) groups is 1. The van der Waals surface area contributed by atoms with E-state index in [9.17, 15) is 5.26 Å². The second-order valence-corrected chi connectivity index (χ2v) is 8.15. The molecule has 3 unspecified atom stereocenters. The SMILES string of the molecule is CC1CCCC(SCC(C#N)(NC(C)C)C2CC2)C1. The van der Waals surface area contributed by atoms with Crippen molar-refractivity contribution in [3.05, 3.63) is 0 Å². The zero-order chi connectivity index (χ0) is 13.9. The normalized spacial score (nSPS) is 30.9. The van der Waals surface area contributed by atoms with Gasteiger partial charge in [-0.3, -0.25) is 5.32 Å². The minimum Gasteiger partial charge on any atom is -0.296 e. The predicted molar refractivity (Wildman–Crippen MR) is 83.2 cm³/mol. The van der Waals surface area contributed by atoms with Crippen LogP contribution in [0.5, 0.6) is 0 Å². The quantitative estimate of drug-likeness (QED) is 0.799. The van der Waals surface area contributed by atoms with Crippen molar-refractivity contribution < 1.29 is 0 Å². The van der Waals surface area contributed by atoms with Crippen LogP contribution in [0.1, 0.15) is 59.3 Å². The lowest BCUT2D eigenvalue weighted by molar-refractivity contribution is 0.366. The molecule has 0 bridgehead atoms. The summed E-state index contributed by atoms with van der Waals surface area (Å²) in [5.41, 5.74) is -0.264. The van der Waals surface area contributed by atoms with Gasteiger partial charge in [0, 0.05) is 17.0 Å². The average molecular weight is 280 g/mol. The highest BCUT2D eigenvalue weighted by atomic mass is 32.2. The van der Waals surface area contributed by atoms with Crippen LogP contribution in [0.3, 0.4) is 0 Å². The van der Waals surface area contributed by atoms with Crippen LogP contribution in [0.4, 0.5) is 0 Å². The summed E-state index contributed by atoms with van der Waals surface area (Å²) in [5.74, 6) is 2.44. The number of nitrogens with one attached hydrogen (secondary N) is 1. The van der Waals surface area contributed by atoms with Crippen LogP contribution >= 0.6 is 11.8 Å². The Morgan fingerprint density at radius 2 is 2.05 bits per heavy atom. The van der Waals surface area contributed by atoms with E-state index in [4.69, 9.17) is 0 Å². The smallest absolute Gasteiger partial charge is 0.118 e. The van der Waals surface area contributed by atoms with Gasteiger partial charge in [-0.2, -0.15) is 17.0 Å². The van der Waals surface area contributed by atoms with Crippen molar-refractivity contribution in [3.63, 3.8) is 0 Å². The summed E-state index contributed by atoms with van der Waals surface area (Å²) in [6.45, 7) is 6.68. The molecule has 2 aliphatic carbocycles. The Labute approximate surface area is 122 Å². The first-order chi connectivity index (χ1) is 9.05. The van der Waals surface area contributed by atoms with Crippen molar-refractivity contribution >= 4 is 11.8 Å². The standard InChI is InChI=1S/C16H28N2S/c1-12(2)18-16(10-17,14-7-8-14)11-19-15-6-4-5-13(3)9-15/h12-15,18H,4-9,11H2,1-3H3. The van der Waals surface area contributed by atoms with E-state index in [1.807, 2.05) is 0 Å². The fraction of sp³-hybridized carbons (Fsp3) is 0.938. The Balaban J connectivity index is 1.91. The topological polar surface area (TPSA) is 35.8 Å². The van der Waals surface area contributed by atoms with Crippen LogP contribution in [0.15, 0.2) is 0 Å². The minimum absolute atomic E-state index is 0.264. The molecular formula is C16H28N2S. The molecule has 108 valence electrons. The molecule has 2 fully saturated rings. The molecule has 0 amide bonds. The molecule has 0 aromatic heterocycles. The van der Waals surface area contributed by atoms with E-state index in [1.165, 1.54) is 38.5 Å². The summed E-state index contributed by atoms with van der Waals surface area (Å²) in [6.07, 6.45) is 7.93. The predicted octanol–water partition coefficient (Wildman–Crippen LogP) is 3.97. The first-order valence-corrected chi connectivity index (χ1v) is 8.91. The van der Waals surface area contributed by atoms with Gasteiger partial charge in [0.15, 0.2) is 0 Å². The third-order valence-electron chi connectivity index (χ3n) is 4.46. The van der Waals surface area contributed by atoms with Gasteiger partial charge in [0.2, 0.25) is 0 Å². The summed E-state index contributed by atoms with van der Waals surface area (Å²) in [7, 11) is 0. The van der Waals surface area contributed by atoms with E-state index >= 15 is 0 Å². The maximum atomic E-state index is 9.69. The van der Waals surface area contributed by atoms with Crippen molar-refractivity contribution in [2.45, 2.75) is 76.1 Å². The maximum Gasteiger partial charge on any atom is 0.118 e. The minimum atomic E-state index is -0.264. The number of nitriles is 1. The lowest BCUT2D eigenvalue weighted by atomic mass is 9.90. The van der Waals surface area contributed by atoms with Crippen LogP contribution in [0, 0.1) is 23.2 Å². The lowest BCUT2D eigenvalue weighted by Crippen LogP contribution is -2.52. The van der Waals surface area contributed by atoms with Crippen LogP contribution in [-0.2, 0) is 0 Å². The molecule has 0 aliphatic heterocycles. The van der Waals surface area contributed by atoms with Crippen LogP contribution in [-0.4, -0.2) is 22.6 Å². The molecule has 2 saturated carbocycles. The van der Waals surface area contributed by atoms with E-state index in [0.29, 0.717) is 12.0 Å². The zero-order valence-corrected chi connectivity index (χ0v) is 13.4. The lowest BCUT2D eigenvalue weighted by Gasteiger charge is -2.33. The Morgan fingerprint density at radius 3 is 2.58 bits per heavy atom. The molecule has 0 spiro atoms. The molecule has 3 heteroatoms. The molecule has 0 heterocycles. The monoisotopic (exact) mass is 280 g/mol. The van der Waals surface area contributed by atoms with Crippen molar-refractivity contribution in [3.8, 4) is 6.07 Å². The summed E-state index contributed by atoms with van der Waals surface area (Å²) in [6, 6.07) is 3.02. The molecule has 1 N–H and O–H groups in total. The Morgan fingerprint density at radius 1 is 1.32 bits per heavy atom. The first kappa shape index (κ1) is 15.2. The van der Waals surface area contributed by atoms with Gasteiger partial charge < -0.3 is 0 Å². The van der Waals surface area contributed by atoms with E-state index in [1.54, 1.807) is 0 Å². The number of nitrogens with zero attached hydrogens (tertiary/aromatic N) is 1. The molecule has 2 aliphatic rings. The van der Waals surface area contributed by atoms with Gasteiger partial charge in [0.25, 0.3) is 0 Å². The molecule has 3 atom stereocenters. The Bertz CT molecular complexity index is 332. The number of rotatable bonds is 6. The number of hydrogen-bond donors (Lipinski definition) is 1. The molecule has 19 heavy (non-hydrogen) atoms.